The topological polar surface area (TPSA) is 29.1 Å². The molecule has 2 aromatic rings. The first-order valence-electron chi connectivity index (χ1n) is 7.21. The molecular formula is C18H23NOS. The van der Waals surface area contributed by atoms with Crippen molar-refractivity contribution in [3.63, 3.8) is 0 Å². The smallest absolute Gasteiger partial charge is 0.0439 e. The summed E-state index contributed by atoms with van der Waals surface area (Å²) in [6.07, 6.45) is 1.76. The lowest BCUT2D eigenvalue weighted by molar-refractivity contribution is 0.573. The van der Waals surface area contributed by atoms with Crippen molar-refractivity contribution < 1.29 is 4.21 Å². The van der Waals surface area contributed by atoms with Crippen molar-refractivity contribution in [2.24, 2.45) is 0 Å². The van der Waals surface area contributed by atoms with E-state index in [1.54, 1.807) is 6.26 Å². The van der Waals surface area contributed by atoms with Crippen LogP contribution in [0.5, 0.6) is 0 Å². The molecule has 0 saturated carbocycles. The molecule has 0 aromatic heterocycles. The summed E-state index contributed by atoms with van der Waals surface area (Å²) in [5.41, 5.74) is 5.07. The Morgan fingerprint density at radius 2 is 1.81 bits per heavy atom. The van der Waals surface area contributed by atoms with Gasteiger partial charge in [0.1, 0.15) is 0 Å². The van der Waals surface area contributed by atoms with Crippen molar-refractivity contribution in [1.29, 1.82) is 0 Å². The van der Waals surface area contributed by atoms with Gasteiger partial charge in [0.05, 0.1) is 0 Å². The van der Waals surface area contributed by atoms with Crippen LogP contribution >= 0.6 is 0 Å². The van der Waals surface area contributed by atoms with Crippen molar-refractivity contribution in [3.8, 4) is 0 Å². The fourth-order valence-electron chi connectivity index (χ4n) is 2.47. The maximum atomic E-state index is 11.6. The zero-order valence-corrected chi connectivity index (χ0v) is 13.7. The molecule has 0 aliphatic heterocycles. The minimum absolute atomic E-state index is 0.123. The van der Waals surface area contributed by atoms with E-state index in [2.05, 4.69) is 49.5 Å². The van der Waals surface area contributed by atoms with E-state index in [9.17, 15) is 4.21 Å². The van der Waals surface area contributed by atoms with Crippen molar-refractivity contribution in [2.75, 3.05) is 12.0 Å². The summed E-state index contributed by atoms with van der Waals surface area (Å²) >= 11 is 0. The Kier molecular flexibility index (Phi) is 5.71. The molecule has 0 spiro atoms. The van der Waals surface area contributed by atoms with Gasteiger partial charge in [-0.1, -0.05) is 54.1 Å². The molecule has 21 heavy (non-hydrogen) atoms. The van der Waals surface area contributed by atoms with Gasteiger partial charge in [0, 0.05) is 35.4 Å². The molecule has 2 rings (SSSR count). The van der Waals surface area contributed by atoms with E-state index in [0.29, 0.717) is 5.75 Å². The number of benzene rings is 2. The first-order valence-corrected chi connectivity index (χ1v) is 8.93. The zero-order chi connectivity index (χ0) is 15.2. The maximum absolute atomic E-state index is 11.6. The summed E-state index contributed by atoms with van der Waals surface area (Å²) in [5.74, 6) is 0.634. The highest BCUT2D eigenvalue weighted by molar-refractivity contribution is 7.84. The Morgan fingerprint density at radius 1 is 1.10 bits per heavy atom. The van der Waals surface area contributed by atoms with Crippen LogP contribution in [0.3, 0.4) is 0 Å². The van der Waals surface area contributed by atoms with Gasteiger partial charge in [0.25, 0.3) is 0 Å². The zero-order valence-electron chi connectivity index (χ0n) is 12.9. The van der Waals surface area contributed by atoms with Gasteiger partial charge >= 0.3 is 0 Å². The molecule has 1 N–H and O–H groups in total. The Hall–Kier alpha value is -1.45. The average Bonchev–Trinajstić information content (AvgIpc) is 2.45. The van der Waals surface area contributed by atoms with Crippen LogP contribution in [0.2, 0.25) is 0 Å². The second kappa shape index (κ2) is 7.53. The van der Waals surface area contributed by atoms with E-state index in [4.69, 9.17) is 0 Å². The van der Waals surface area contributed by atoms with Crippen LogP contribution in [0.25, 0.3) is 0 Å². The normalized spacial score (nSPS) is 13.9. The lowest BCUT2D eigenvalue weighted by Gasteiger charge is -2.19. The van der Waals surface area contributed by atoms with Gasteiger partial charge in [-0.25, -0.2) is 0 Å². The Morgan fingerprint density at radius 3 is 2.43 bits per heavy atom. The molecule has 2 aromatic carbocycles. The van der Waals surface area contributed by atoms with Gasteiger partial charge in [-0.3, -0.25) is 4.21 Å². The van der Waals surface area contributed by atoms with E-state index >= 15 is 0 Å². The molecule has 0 aliphatic rings. The highest BCUT2D eigenvalue weighted by Crippen LogP contribution is 2.16. The molecule has 2 nitrogen and oxygen atoms in total. The summed E-state index contributed by atoms with van der Waals surface area (Å²) in [5, 5.41) is 3.55. The van der Waals surface area contributed by atoms with Gasteiger partial charge in [-0.15, -0.1) is 0 Å². The molecule has 0 unspecified atom stereocenters. The molecule has 0 aliphatic carbocycles. The lowest BCUT2D eigenvalue weighted by atomic mass is 10.0. The molecule has 0 heterocycles. The SMILES string of the molecule is Cc1ccc(CN[C@@H](C[S@@](C)=O)c2ccccc2)c(C)c1. The predicted molar refractivity (Wildman–Crippen MR) is 90.9 cm³/mol. The highest BCUT2D eigenvalue weighted by Gasteiger charge is 2.13. The predicted octanol–water partition coefficient (Wildman–Crippen LogP) is 3.51. The van der Waals surface area contributed by atoms with Crippen molar-refractivity contribution >= 4 is 10.8 Å². The van der Waals surface area contributed by atoms with Crippen molar-refractivity contribution in [1.82, 2.24) is 5.32 Å². The molecular weight excluding hydrogens is 278 g/mol. The minimum Gasteiger partial charge on any atom is -0.305 e. The fourth-order valence-corrected chi connectivity index (χ4v) is 3.25. The maximum Gasteiger partial charge on any atom is 0.0439 e. The number of aryl methyl sites for hydroxylation is 2. The molecule has 0 amide bonds. The molecule has 0 radical (unpaired) electrons. The molecule has 0 bridgehead atoms. The van der Waals surface area contributed by atoms with Crippen LogP contribution in [-0.2, 0) is 17.3 Å². The van der Waals surface area contributed by atoms with Crippen LogP contribution in [-0.4, -0.2) is 16.2 Å². The standard InChI is InChI=1S/C18H23NOS/c1-14-9-10-17(15(2)11-14)12-19-18(13-21(3)20)16-7-5-4-6-8-16/h4-11,18-19H,12-13H2,1-3H3/t18-,21+/m0/s1. The Bertz CT molecular complexity index is 610. The van der Waals surface area contributed by atoms with Crippen LogP contribution in [0.4, 0.5) is 0 Å². The van der Waals surface area contributed by atoms with Crippen LogP contribution in [0.15, 0.2) is 48.5 Å². The molecule has 3 heteroatoms. The number of hydrogen-bond acceptors (Lipinski definition) is 2. The van der Waals surface area contributed by atoms with Crippen molar-refractivity contribution in [3.05, 3.63) is 70.8 Å². The third-order valence-corrected chi connectivity index (χ3v) is 4.44. The molecule has 2 atom stereocenters. The average molecular weight is 301 g/mol. The lowest BCUT2D eigenvalue weighted by Crippen LogP contribution is -2.26. The molecule has 112 valence electrons. The molecule has 0 saturated heterocycles. The van der Waals surface area contributed by atoms with Gasteiger partial charge in [0.2, 0.25) is 0 Å². The monoisotopic (exact) mass is 301 g/mol. The van der Waals surface area contributed by atoms with Crippen LogP contribution < -0.4 is 5.32 Å². The number of rotatable bonds is 6. The van der Waals surface area contributed by atoms with Gasteiger partial charge in [-0.05, 0) is 30.5 Å². The van der Waals surface area contributed by atoms with E-state index < -0.39 is 10.8 Å². The first kappa shape index (κ1) is 15.9. The van der Waals surface area contributed by atoms with E-state index in [0.717, 1.165) is 6.54 Å². The van der Waals surface area contributed by atoms with Crippen LogP contribution in [0.1, 0.15) is 28.3 Å². The summed E-state index contributed by atoms with van der Waals surface area (Å²) in [7, 11) is -0.826. The second-order valence-corrected chi connectivity index (χ2v) is 6.99. The summed E-state index contributed by atoms with van der Waals surface area (Å²) in [6.45, 7) is 5.04. The Balaban J connectivity index is 2.10. The van der Waals surface area contributed by atoms with Crippen molar-refractivity contribution in [2.45, 2.75) is 26.4 Å². The third kappa shape index (κ3) is 4.80. The summed E-state index contributed by atoms with van der Waals surface area (Å²) in [6, 6.07) is 16.9. The van der Waals surface area contributed by atoms with E-state index in [-0.39, 0.29) is 6.04 Å². The Labute approximate surface area is 130 Å². The van der Waals surface area contributed by atoms with Gasteiger partial charge in [-0.2, -0.15) is 0 Å². The largest absolute Gasteiger partial charge is 0.305 e. The number of nitrogens with one attached hydrogen (secondary N) is 1. The summed E-state index contributed by atoms with van der Waals surface area (Å²) in [4.78, 5) is 0. The number of hydrogen-bond donors (Lipinski definition) is 1. The first-order chi connectivity index (χ1) is 10.1. The highest BCUT2D eigenvalue weighted by atomic mass is 32.2. The van der Waals surface area contributed by atoms with E-state index in [1.807, 2.05) is 18.2 Å². The minimum atomic E-state index is -0.826. The van der Waals surface area contributed by atoms with Crippen LogP contribution in [0, 0.1) is 13.8 Å². The third-order valence-electron chi connectivity index (χ3n) is 3.64. The molecule has 0 fully saturated rings. The second-order valence-electron chi connectivity index (χ2n) is 5.51. The summed E-state index contributed by atoms with van der Waals surface area (Å²) < 4.78 is 11.6. The fraction of sp³-hybridized carbons (Fsp3) is 0.333. The quantitative estimate of drug-likeness (QED) is 0.884. The van der Waals surface area contributed by atoms with Gasteiger partial charge < -0.3 is 5.32 Å². The van der Waals surface area contributed by atoms with Gasteiger partial charge in [0.15, 0.2) is 0 Å². The van der Waals surface area contributed by atoms with E-state index in [1.165, 1.54) is 22.3 Å².